The second-order valence-electron chi connectivity index (χ2n) is 7.22. The van der Waals surface area contributed by atoms with Crippen molar-refractivity contribution in [2.75, 3.05) is 27.2 Å². The zero-order valence-electron chi connectivity index (χ0n) is 12.2. The lowest BCUT2D eigenvalue weighted by atomic mass is 9.79. The molecule has 0 aromatic rings. The molecule has 0 amide bonds. The summed E-state index contributed by atoms with van der Waals surface area (Å²) in [6.45, 7) is 2.49. The minimum Gasteiger partial charge on any atom is -0.314 e. The second kappa shape index (κ2) is 5.50. The average molecular weight is 250 g/mol. The average Bonchev–Trinajstić information content (AvgIpc) is 2.99. The summed E-state index contributed by atoms with van der Waals surface area (Å²) in [4.78, 5) is 2.29. The first-order valence-electron chi connectivity index (χ1n) is 8.14. The van der Waals surface area contributed by atoms with Crippen LogP contribution in [0.1, 0.15) is 44.9 Å². The molecule has 3 aliphatic rings. The molecular formula is C16H30N2. The van der Waals surface area contributed by atoms with Gasteiger partial charge < -0.3 is 10.2 Å². The fourth-order valence-corrected chi connectivity index (χ4v) is 5.14. The molecule has 1 N–H and O–H groups in total. The smallest absolute Gasteiger partial charge is 0.0101 e. The van der Waals surface area contributed by atoms with Crippen molar-refractivity contribution in [3.63, 3.8) is 0 Å². The van der Waals surface area contributed by atoms with Crippen molar-refractivity contribution in [3.8, 4) is 0 Å². The van der Waals surface area contributed by atoms with E-state index in [9.17, 15) is 0 Å². The van der Waals surface area contributed by atoms with Gasteiger partial charge in [0, 0.05) is 6.04 Å². The van der Waals surface area contributed by atoms with Crippen molar-refractivity contribution in [2.24, 2.45) is 23.7 Å². The van der Waals surface area contributed by atoms with E-state index in [1.165, 1.54) is 38.8 Å². The predicted molar refractivity (Wildman–Crippen MR) is 76.6 cm³/mol. The van der Waals surface area contributed by atoms with Crippen LogP contribution in [0.15, 0.2) is 0 Å². The van der Waals surface area contributed by atoms with Gasteiger partial charge in [0.05, 0.1) is 0 Å². The molecule has 0 spiro atoms. The van der Waals surface area contributed by atoms with Gasteiger partial charge in [0.2, 0.25) is 0 Å². The minimum atomic E-state index is 0.883. The first-order chi connectivity index (χ1) is 8.75. The van der Waals surface area contributed by atoms with Crippen LogP contribution in [-0.2, 0) is 0 Å². The van der Waals surface area contributed by atoms with Gasteiger partial charge in [-0.25, -0.2) is 0 Å². The minimum absolute atomic E-state index is 0.883. The van der Waals surface area contributed by atoms with E-state index in [2.05, 4.69) is 24.3 Å². The van der Waals surface area contributed by atoms with Gasteiger partial charge in [0.15, 0.2) is 0 Å². The van der Waals surface area contributed by atoms with E-state index >= 15 is 0 Å². The van der Waals surface area contributed by atoms with Gasteiger partial charge in [-0.1, -0.05) is 6.42 Å². The Morgan fingerprint density at radius 3 is 2.67 bits per heavy atom. The summed E-state index contributed by atoms with van der Waals surface area (Å²) in [5.74, 6) is 4.41. The largest absolute Gasteiger partial charge is 0.314 e. The Bertz CT molecular complexity index is 276. The van der Waals surface area contributed by atoms with Crippen molar-refractivity contribution >= 4 is 0 Å². The molecule has 3 fully saturated rings. The third kappa shape index (κ3) is 2.46. The van der Waals surface area contributed by atoms with Crippen molar-refractivity contribution in [1.29, 1.82) is 0 Å². The van der Waals surface area contributed by atoms with Crippen LogP contribution in [0.2, 0.25) is 0 Å². The molecule has 0 radical (unpaired) electrons. The summed E-state index contributed by atoms with van der Waals surface area (Å²) in [5, 5.41) is 3.88. The van der Waals surface area contributed by atoms with E-state index in [0.717, 1.165) is 29.7 Å². The lowest BCUT2D eigenvalue weighted by molar-refractivity contribution is 0.208. The predicted octanol–water partition coefficient (Wildman–Crippen LogP) is 2.74. The van der Waals surface area contributed by atoms with E-state index < -0.39 is 0 Å². The summed E-state index contributed by atoms with van der Waals surface area (Å²) in [5.41, 5.74) is 0. The van der Waals surface area contributed by atoms with Crippen molar-refractivity contribution in [3.05, 3.63) is 0 Å². The Morgan fingerprint density at radius 2 is 1.83 bits per heavy atom. The number of nitrogens with one attached hydrogen (secondary N) is 1. The lowest BCUT2D eigenvalue weighted by Crippen LogP contribution is -2.39. The van der Waals surface area contributed by atoms with Crippen LogP contribution in [0.5, 0.6) is 0 Å². The molecule has 104 valence electrons. The highest BCUT2D eigenvalue weighted by molar-refractivity contribution is 5.05. The van der Waals surface area contributed by atoms with E-state index in [0.29, 0.717) is 0 Å². The van der Waals surface area contributed by atoms with Gasteiger partial charge in [0.1, 0.15) is 0 Å². The molecule has 5 unspecified atom stereocenters. The summed E-state index contributed by atoms with van der Waals surface area (Å²) in [7, 11) is 4.34. The molecule has 0 aromatic carbocycles. The van der Waals surface area contributed by atoms with Gasteiger partial charge >= 0.3 is 0 Å². The maximum absolute atomic E-state index is 3.88. The molecule has 0 heterocycles. The van der Waals surface area contributed by atoms with Crippen LogP contribution in [0, 0.1) is 23.7 Å². The Kier molecular flexibility index (Phi) is 3.95. The van der Waals surface area contributed by atoms with Crippen molar-refractivity contribution in [2.45, 2.75) is 51.0 Å². The Balaban J connectivity index is 1.38. The first-order valence-corrected chi connectivity index (χ1v) is 8.14. The highest BCUT2D eigenvalue weighted by Crippen LogP contribution is 2.58. The van der Waals surface area contributed by atoms with Crippen LogP contribution in [0.4, 0.5) is 0 Å². The second-order valence-corrected chi connectivity index (χ2v) is 7.22. The van der Waals surface area contributed by atoms with Gasteiger partial charge in [0.25, 0.3) is 0 Å². The Hall–Kier alpha value is -0.0800. The summed E-state index contributed by atoms with van der Waals surface area (Å²) < 4.78 is 0. The van der Waals surface area contributed by atoms with Crippen LogP contribution < -0.4 is 5.32 Å². The summed E-state index contributed by atoms with van der Waals surface area (Å²) >= 11 is 0. The molecule has 0 aliphatic heterocycles. The maximum atomic E-state index is 3.88. The van der Waals surface area contributed by atoms with Crippen LogP contribution in [-0.4, -0.2) is 38.1 Å². The highest BCUT2D eigenvalue weighted by Gasteiger charge is 2.53. The van der Waals surface area contributed by atoms with Gasteiger partial charge in [-0.2, -0.15) is 0 Å². The molecule has 2 nitrogen and oxygen atoms in total. The van der Waals surface area contributed by atoms with E-state index in [1.807, 2.05) is 0 Å². The molecule has 2 heteroatoms. The zero-order valence-corrected chi connectivity index (χ0v) is 12.2. The highest BCUT2D eigenvalue weighted by atomic mass is 15.0. The topological polar surface area (TPSA) is 15.3 Å². The third-order valence-corrected chi connectivity index (χ3v) is 5.87. The van der Waals surface area contributed by atoms with E-state index in [4.69, 9.17) is 0 Å². The van der Waals surface area contributed by atoms with E-state index in [-0.39, 0.29) is 0 Å². The zero-order chi connectivity index (χ0) is 12.5. The van der Waals surface area contributed by atoms with Gasteiger partial charge in [-0.05, 0) is 89.4 Å². The van der Waals surface area contributed by atoms with Crippen molar-refractivity contribution in [1.82, 2.24) is 10.2 Å². The van der Waals surface area contributed by atoms with Gasteiger partial charge in [-0.15, -0.1) is 0 Å². The first kappa shape index (κ1) is 12.9. The van der Waals surface area contributed by atoms with Crippen LogP contribution in [0.3, 0.4) is 0 Å². The van der Waals surface area contributed by atoms with Crippen LogP contribution in [0.25, 0.3) is 0 Å². The lowest BCUT2D eigenvalue weighted by Gasteiger charge is -2.32. The number of hydrogen-bond donors (Lipinski definition) is 1. The molecule has 2 bridgehead atoms. The summed E-state index contributed by atoms with van der Waals surface area (Å²) in [6, 6.07) is 0.883. The van der Waals surface area contributed by atoms with Crippen molar-refractivity contribution < 1.29 is 0 Å². The molecule has 18 heavy (non-hydrogen) atoms. The molecule has 3 rings (SSSR count). The Morgan fingerprint density at radius 1 is 1.00 bits per heavy atom. The standard InChI is InChI=1S/C16H30N2/c1-18(2)9-4-3-8-17-16-11-12-10-15(16)14-7-5-6-13(12)14/h12-17H,3-11H2,1-2H3. The normalized spacial score (nSPS) is 41.8. The molecule has 0 saturated heterocycles. The number of unbranched alkanes of at least 4 members (excludes halogenated alkanes) is 1. The van der Waals surface area contributed by atoms with E-state index in [1.54, 1.807) is 19.3 Å². The monoisotopic (exact) mass is 250 g/mol. The van der Waals surface area contributed by atoms with Crippen LogP contribution >= 0.6 is 0 Å². The number of nitrogens with zero attached hydrogens (tertiary/aromatic N) is 1. The molecule has 0 aromatic heterocycles. The molecular weight excluding hydrogens is 220 g/mol. The number of hydrogen-bond acceptors (Lipinski definition) is 2. The maximum Gasteiger partial charge on any atom is 0.0101 e. The molecule has 3 saturated carbocycles. The fraction of sp³-hybridized carbons (Fsp3) is 1.00. The quantitative estimate of drug-likeness (QED) is 0.729. The SMILES string of the molecule is CN(C)CCCCNC1CC2CC1C1CCCC21. The molecule has 5 atom stereocenters. The number of rotatable bonds is 6. The summed E-state index contributed by atoms with van der Waals surface area (Å²) in [6.07, 6.45) is 10.4. The fourth-order valence-electron chi connectivity index (χ4n) is 5.14. The number of fused-ring (bicyclic) bond motifs is 5. The molecule has 3 aliphatic carbocycles. The van der Waals surface area contributed by atoms with Gasteiger partial charge in [-0.3, -0.25) is 0 Å². The third-order valence-electron chi connectivity index (χ3n) is 5.87. The Labute approximate surface area is 113 Å².